The lowest BCUT2D eigenvalue weighted by molar-refractivity contribution is -0.117. The van der Waals surface area contributed by atoms with E-state index in [4.69, 9.17) is 14.9 Å². The van der Waals surface area contributed by atoms with Gasteiger partial charge >= 0.3 is 0 Å². The summed E-state index contributed by atoms with van der Waals surface area (Å²) in [6, 6.07) is 11.7. The van der Waals surface area contributed by atoms with Gasteiger partial charge in [0, 0.05) is 29.3 Å². The zero-order valence-electron chi connectivity index (χ0n) is 14.2. The Labute approximate surface area is 146 Å². The lowest BCUT2D eigenvalue weighted by atomic mass is 10.00. The average molecular weight is 338 g/mol. The lowest BCUT2D eigenvalue weighted by Gasteiger charge is -2.16. The largest absolute Gasteiger partial charge is 0.495 e. The molecule has 4 rings (SSSR count). The van der Waals surface area contributed by atoms with E-state index in [9.17, 15) is 4.79 Å². The summed E-state index contributed by atoms with van der Waals surface area (Å²) >= 11 is 0. The molecule has 1 heterocycles. The number of rotatable bonds is 4. The topological polar surface area (TPSA) is 77.5 Å². The molecule has 0 radical (unpaired) electrons. The molecule has 0 saturated heterocycles. The van der Waals surface area contributed by atoms with Gasteiger partial charge in [0.25, 0.3) is 0 Å². The van der Waals surface area contributed by atoms with Crippen molar-refractivity contribution in [2.24, 2.45) is 11.7 Å². The summed E-state index contributed by atoms with van der Waals surface area (Å²) in [5.41, 5.74) is 8.26. The van der Waals surface area contributed by atoms with E-state index in [0.29, 0.717) is 17.9 Å². The summed E-state index contributed by atoms with van der Waals surface area (Å²) in [4.78, 5) is 12.4. The molecule has 25 heavy (non-hydrogen) atoms. The summed E-state index contributed by atoms with van der Waals surface area (Å²) in [6.45, 7) is 0. The fourth-order valence-electron chi connectivity index (χ4n) is 3.78. The maximum atomic E-state index is 12.4. The predicted molar refractivity (Wildman–Crippen MR) is 98.8 cm³/mol. The summed E-state index contributed by atoms with van der Waals surface area (Å²) in [6.07, 6.45) is 3.58. The smallest absolute Gasteiger partial charge is 0.224 e. The first-order chi connectivity index (χ1) is 12.2. The monoisotopic (exact) mass is 338 g/mol. The van der Waals surface area contributed by atoms with Crippen LogP contribution in [0.25, 0.3) is 21.9 Å². The molecule has 5 nitrogen and oxygen atoms in total. The Morgan fingerprint density at radius 2 is 2.08 bits per heavy atom. The molecule has 2 aromatic carbocycles. The third-order valence-corrected chi connectivity index (χ3v) is 5.14. The fraction of sp³-hybridized carbons (Fsp3) is 0.350. The van der Waals surface area contributed by atoms with Crippen molar-refractivity contribution in [3.05, 3.63) is 36.4 Å². The molecule has 0 unspecified atom stereocenters. The molecule has 1 saturated carbocycles. The minimum absolute atomic E-state index is 0.0314. The normalized spacial score (nSPS) is 20.2. The first kappa shape index (κ1) is 16.0. The quantitative estimate of drug-likeness (QED) is 0.752. The SMILES string of the molecule is COc1cc2c(cc1NC(=O)C[C@@H]1CCC[C@H]1N)oc1ccccc12. The Kier molecular flexibility index (Phi) is 4.09. The van der Waals surface area contributed by atoms with Gasteiger partial charge < -0.3 is 20.2 Å². The molecule has 130 valence electrons. The standard InChI is InChI=1S/C20H22N2O3/c1-24-19-10-14-13-6-2-3-8-17(13)25-18(14)11-16(19)22-20(23)9-12-5-4-7-15(12)21/h2-3,6,8,10-12,15H,4-5,7,9,21H2,1H3,(H,22,23)/t12-,15+/m0/s1. The van der Waals surface area contributed by atoms with Gasteiger partial charge in [-0.05, 0) is 30.9 Å². The number of hydrogen-bond acceptors (Lipinski definition) is 4. The van der Waals surface area contributed by atoms with Crippen LogP contribution in [0.4, 0.5) is 5.69 Å². The Morgan fingerprint density at radius 1 is 1.24 bits per heavy atom. The van der Waals surface area contributed by atoms with Gasteiger partial charge in [0.1, 0.15) is 16.9 Å². The number of furan rings is 1. The van der Waals surface area contributed by atoms with Crippen LogP contribution in [0.1, 0.15) is 25.7 Å². The van der Waals surface area contributed by atoms with Crippen molar-refractivity contribution in [3.63, 3.8) is 0 Å². The van der Waals surface area contributed by atoms with Gasteiger partial charge in [-0.2, -0.15) is 0 Å². The number of fused-ring (bicyclic) bond motifs is 3. The Hall–Kier alpha value is -2.53. The number of nitrogens with two attached hydrogens (primary N) is 1. The fourth-order valence-corrected chi connectivity index (χ4v) is 3.78. The number of carbonyl (C=O) groups excluding carboxylic acids is 1. The molecular weight excluding hydrogens is 316 g/mol. The first-order valence-corrected chi connectivity index (χ1v) is 8.70. The second-order valence-electron chi connectivity index (χ2n) is 6.75. The van der Waals surface area contributed by atoms with Crippen LogP contribution in [0.2, 0.25) is 0 Å². The number of anilines is 1. The zero-order valence-corrected chi connectivity index (χ0v) is 14.2. The molecular formula is C20H22N2O3. The minimum Gasteiger partial charge on any atom is -0.495 e. The van der Waals surface area contributed by atoms with Crippen molar-refractivity contribution >= 4 is 33.5 Å². The number of hydrogen-bond donors (Lipinski definition) is 2. The van der Waals surface area contributed by atoms with Crippen LogP contribution in [0.5, 0.6) is 5.75 Å². The van der Waals surface area contributed by atoms with Gasteiger partial charge in [-0.1, -0.05) is 24.6 Å². The summed E-state index contributed by atoms with van der Waals surface area (Å²) < 4.78 is 11.4. The van der Waals surface area contributed by atoms with Crippen LogP contribution in [0, 0.1) is 5.92 Å². The highest BCUT2D eigenvalue weighted by Crippen LogP contribution is 2.36. The van der Waals surface area contributed by atoms with Crippen LogP contribution in [0.15, 0.2) is 40.8 Å². The summed E-state index contributed by atoms with van der Waals surface area (Å²) in [5.74, 6) is 0.861. The predicted octanol–water partition coefficient (Wildman–Crippen LogP) is 4.05. The molecule has 1 aliphatic rings. The van der Waals surface area contributed by atoms with E-state index in [-0.39, 0.29) is 17.9 Å². The highest BCUT2D eigenvalue weighted by Gasteiger charge is 2.26. The summed E-state index contributed by atoms with van der Waals surface area (Å²) in [7, 11) is 1.60. The van der Waals surface area contributed by atoms with E-state index in [0.717, 1.165) is 41.2 Å². The Morgan fingerprint density at radius 3 is 2.84 bits per heavy atom. The molecule has 1 aliphatic carbocycles. The molecule has 1 fully saturated rings. The van der Waals surface area contributed by atoms with Crippen molar-refractivity contribution in [3.8, 4) is 5.75 Å². The third-order valence-electron chi connectivity index (χ3n) is 5.14. The van der Waals surface area contributed by atoms with Crippen LogP contribution < -0.4 is 15.8 Å². The molecule has 1 amide bonds. The van der Waals surface area contributed by atoms with Crippen LogP contribution >= 0.6 is 0 Å². The molecule has 0 aliphatic heterocycles. The molecule has 2 atom stereocenters. The van der Waals surface area contributed by atoms with Crippen molar-refractivity contribution in [1.82, 2.24) is 0 Å². The molecule has 0 bridgehead atoms. The second kappa shape index (κ2) is 6.41. The number of amides is 1. The minimum atomic E-state index is -0.0314. The van der Waals surface area contributed by atoms with E-state index >= 15 is 0 Å². The van der Waals surface area contributed by atoms with Crippen LogP contribution in [-0.4, -0.2) is 19.1 Å². The van der Waals surface area contributed by atoms with Gasteiger partial charge in [-0.25, -0.2) is 0 Å². The van der Waals surface area contributed by atoms with E-state index in [1.165, 1.54) is 0 Å². The number of methoxy groups -OCH3 is 1. The lowest BCUT2D eigenvalue weighted by Crippen LogP contribution is -2.28. The van der Waals surface area contributed by atoms with E-state index in [2.05, 4.69) is 5.32 Å². The molecule has 5 heteroatoms. The maximum Gasteiger partial charge on any atom is 0.224 e. The second-order valence-corrected chi connectivity index (χ2v) is 6.75. The molecule has 1 aromatic heterocycles. The molecule has 3 N–H and O–H groups in total. The number of para-hydroxylation sites is 1. The highest BCUT2D eigenvalue weighted by molar-refractivity contribution is 6.07. The van der Waals surface area contributed by atoms with Crippen molar-refractivity contribution < 1.29 is 13.9 Å². The zero-order chi connectivity index (χ0) is 17.4. The number of ether oxygens (including phenoxy) is 1. The average Bonchev–Trinajstić information content (AvgIpc) is 3.17. The van der Waals surface area contributed by atoms with Crippen molar-refractivity contribution in [1.29, 1.82) is 0 Å². The van der Waals surface area contributed by atoms with E-state index < -0.39 is 0 Å². The van der Waals surface area contributed by atoms with Gasteiger partial charge in [-0.15, -0.1) is 0 Å². The van der Waals surface area contributed by atoms with E-state index in [1.807, 2.05) is 36.4 Å². The number of carbonyl (C=O) groups is 1. The van der Waals surface area contributed by atoms with Crippen LogP contribution in [0.3, 0.4) is 0 Å². The maximum absolute atomic E-state index is 12.4. The van der Waals surface area contributed by atoms with Gasteiger partial charge in [-0.3, -0.25) is 4.79 Å². The van der Waals surface area contributed by atoms with E-state index in [1.54, 1.807) is 7.11 Å². The third kappa shape index (κ3) is 2.96. The van der Waals surface area contributed by atoms with Gasteiger partial charge in [0.05, 0.1) is 12.8 Å². The Bertz CT molecular complexity index is 931. The number of benzene rings is 2. The van der Waals surface area contributed by atoms with Crippen molar-refractivity contribution in [2.45, 2.75) is 31.7 Å². The molecule has 0 spiro atoms. The Balaban J connectivity index is 1.64. The van der Waals surface area contributed by atoms with Crippen LogP contribution in [-0.2, 0) is 4.79 Å². The van der Waals surface area contributed by atoms with Crippen molar-refractivity contribution in [2.75, 3.05) is 12.4 Å². The number of nitrogens with one attached hydrogen (secondary N) is 1. The first-order valence-electron chi connectivity index (χ1n) is 8.70. The highest BCUT2D eigenvalue weighted by atomic mass is 16.5. The van der Waals surface area contributed by atoms with Gasteiger partial charge in [0.2, 0.25) is 5.91 Å². The summed E-state index contributed by atoms with van der Waals surface area (Å²) in [5, 5.41) is 4.97. The molecule has 3 aromatic rings. The van der Waals surface area contributed by atoms with Gasteiger partial charge in [0.15, 0.2) is 0 Å².